The van der Waals surface area contributed by atoms with Gasteiger partial charge in [0.2, 0.25) is 0 Å². The summed E-state index contributed by atoms with van der Waals surface area (Å²) in [7, 11) is 0. The molecule has 0 aliphatic rings. The Morgan fingerprint density at radius 3 is 1.50 bits per heavy atom. The Balaban J connectivity index is 2.51. The summed E-state index contributed by atoms with van der Waals surface area (Å²) in [6.07, 6.45) is 0. The molecule has 0 saturated carbocycles. The standard InChI is InChI=1S/C13H13N5/c14-6-1-10(16)8-5-9-11(17)2-7(15)4-13(9)18-12(8)3-6/h1-5H,14-17H2. The zero-order chi connectivity index (χ0) is 12.9. The van der Waals surface area contributed by atoms with Gasteiger partial charge in [0.25, 0.3) is 0 Å². The number of benzene rings is 2. The average Bonchev–Trinajstić information content (AvgIpc) is 2.26. The van der Waals surface area contributed by atoms with Crippen molar-refractivity contribution in [3.8, 4) is 0 Å². The molecule has 0 unspecified atom stereocenters. The molecule has 5 heteroatoms. The second-order valence-corrected chi connectivity index (χ2v) is 4.34. The molecule has 3 aromatic rings. The fourth-order valence-electron chi connectivity index (χ4n) is 2.14. The molecule has 0 radical (unpaired) electrons. The Morgan fingerprint density at radius 2 is 1.06 bits per heavy atom. The maximum Gasteiger partial charge on any atom is 0.0750 e. The number of nitrogen functional groups attached to an aromatic ring is 4. The van der Waals surface area contributed by atoms with E-state index in [0.29, 0.717) is 22.7 Å². The molecule has 0 aliphatic heterocycles. The molecule has 0 fully saturated rings. The van der Waals surface area contributed by atoms with Crippen LogP contribution in [-0.4, -0.2) is 4.98 Å². The van der Waals surface area contributed by atoms with Crippen molar-refractivity contribution in [2.75, 3.05) is 22.9 Å². The predicted molar refractivity (Wildman–Crippen MR) is 76.9 cm³/mol. The molecule has 0 bridgehead atoms. The molecule has 0 amide bonds. The van der Waals surface area contributed by atoms with Crippen LogP contribution in [-0.2, 0) is 0 Å². The molecule has 2 aromatic carbocycles. The zero-order valence-electron chi connectivity index (χ0n) is 9.64. The number of anilines is 4. The molecule has 18 heavy (non-hydrogen) atoms. The van der Waals surface area contributed by atoms with Gasteiger partial charge in [-0.05, 0) is 30.3 Å². The Kier molecular flexibility index (Phi) is 1.98. The van der Waals surface area contributed by atoms with E-state index in [1.807, 2.05) is 6.07 Å². The Morgan fingerprint density at radius 1 is 0.611 bits per heavy atom. The van der Waals surface area contributed by atoms with Crippen LogP contribution in [0.15, 0.2) is 30.3 Å². The third-order valence-corrected chi connectivity index (χ3v) is 2.95. The van der Waals surface area contributed by atoms with Crippen molar-refractivity contribution in [3.05, 3.63) is 30.3 Å². The van der Waals surface area contributed by atoms with Crippen LogP contribution in [0.5, 0.6) is 0 Å². The van der Waals surface area contributed by atoms with Crippen molar-refractivity contribution in [1.29, 1.82) is 0 Å². The minimum absolute atomic E-state index is 0.587. The third-order valence-electron chi connectivity index (χ3n) is 2.95. The van der Waals surface area contributed by atoms with Gasteiger partial charge >= 0.3 is 0 Å². The van der Waals surface area contributed by atoms with E-state index in [1.54, 1.807) is 24.3 Å². The summed E-state index contributed by atoms with van der Waals surface area (Å²) in [5.41, 5.74) is 27.2. The van der Waals surface area contributed by atoms with E-state index in [4.69, 9.17) is 22.9 Å². The molecule has 0 atom stereocenters. The smallest absolute Gasteiger partial charge is 0.0750 e. The van der Waals surface area contributed by atoms with Crippen molar-refractivity contribution in [3.63, 3.8) is 0 Å². The van der Waals surface area contributed by atoms with E-state index in [2.05, 4.69) is 4.98 Å². The minimum atomic E-state index is 0.587. The van der Waals surface area contributed by atoms with Gasteiger partial charge < -0.3 is 22.9 Å². The summed E-state index contributed by atoms with van der Waals surface area (Å²) >= 11 is 0. The third kappa shape index (κ3) is 1.45. The number of hydrogen-bond donors (Lipinski definition) is 4. The van der Waals surface area contributed by atoms with Crippen molar-refractivity contribution < 1.29 is 0 Å². The predicted octanol–water partition coefficient (Wildman–Crippen LogP) is 1.72. The van der Waals surface area contributed by atoms with Gasteiger partial charge in [0.05, 0.1) is 11.0 Å². The molecular weight excluding hydrogens is 226 g/mol. The summed E-state index contributed by atoms with van der Waals surface area (Å²) in [5, 5.41) is 1.68. The van der Waals surface area contributed by atoms with E-state index in [-0.39, 0.29) is 0 Å². The van der Waals surface area contributed by atoms with Gasteiger partial charge in [-0.25, -0.2) is 4.98 Å². The van der Waals surface area contributed by atoms with Crippen molar-refractivity contribution in [2.45, 2.75) is 0 Å². The van der Waals surface area contributed by atoms with Gasteiger partial charge in [0.1, 0.15) is 0 Å². The van der Waals surface area contributed by atoms with Gasteiger partial charge in [-0.2, -0.15) is 0 Å². The second-order valence-electron chi connectivity index (χ2n) is 4.34. The van der Waals surface area contributed by atoms with Gasteiger partial charge in [0, 0.05) is 33.5 Å². The quantitative estimate of drug-likeness (QED) is 0.352. The molecule has 3 rings (SSSR count). The fraction of sp³-hybridized carbons (Fsp3) is 0. The summed E-state index contributed by atoms with van der Waals surface area (Å²) in [4.78, 5) is 4.50. The lowest BCUT2D eigenvalue weighted by Crippen LogP contribution is -1.96. The number of rotatable bonds is 0. The van der Waals surface area contributed by atoms with Crippen LogP contribution >= 0.6 is 0 Å². The molecule has 0 aliphatic carbocycles. The fourth-order valence-corrected chi connectivity index (χ4v) is 2.14. The first kappa shape index (κ1) is 10.5. The summed E-state index contributed by atoms with van der Waals surface area (Å²) in [5.74, 6) is 0. The molecule has 90 valence electrons. The second kappa shape index (κ2) is 3.40. The highest BCUT2D eigenvalue weighted by atomic mass is 14.7. The summed E-state index contributed by atoms with van der Waals surface area (Å²) < 4.78 is 0. The highest BCUT2D eigenvalue weighted by Crippen LogP contribution is 2.30. The molecule has 1 aromatic heterocycles. The SMILES string of the molecule is Nc1cc(N)c2cc3c(N)cc(N)cc3nc2c1. The molecule has 0 spiro atoms. The highest BCUT2D eigenvalue weighted by molar-refractivity contribution is 6.04. The number of pyridine rings is 1. The first-order chi connectivity index (χ1) is 8.54. The van der Waals surface area contributed by atoms with Crippen molar-refractivity contribution >= 4 is 44.6 Å². The molecule has 1 heterocycles. The van der Waals surface area contributed by atoms with E-state index in [1.165, 1.54) is 0 Å². The van der Waals surface area contributed by atoms with Crippen LogP contribution in [0.4, 0.5) is 22.7 Å². The number of fused-ring (bicyclic) bond motifs is 2. The minimum Gasteiger partial charge on any atom is -0.399 e. The van der Waals surface area contributed by atoms with Gasteiger partial charge in [-0.3, -0.25) is 0 Å². The number of aromatic nitrogens is 1. The normalized spacial score (nSPS) is 11.1. The van der Waals surface area contributed by atoms with Crippen LogP contribution < -0.4 is 22.9 Å². The summed E-state index contributed by atoms with van der Waals surface area (Å²) in [6.45, 7) is 0. The van der Waals surface area contributed by atoms with Crippen molar-refractivity contribution in [2.24, 2.45) is 0 Å². The van der Waals surface area contributed by atoms with E-state index >= 15 is 0 Å². The van der Waals surface area contributed by atoms with Crippen LogP contribution in [0.1, 0.15) is 0 Å². The number of nitrogens with two attached hydrogens (primary N) is 4. The van der Waals surface area contributed by atoms with Crippen LogP contribution in [0.3, 0.4) is 0 Å². The van der Waals surface area contributed by atoms with E-state index < -0.39 is 0 Å². The zero-order valence-corrected chi connectivity index (χ0v) is 9.64. The highest BCUT2D eigenvalue weighted by Gasteiger charge is 2.07. The van der Waals surface area contributed by atoms with Crippen molar-refractivity contribution in [1.82, 2.24) is 4.98 Å². The van der Waals surface area contributed by atoms with Crippen LogP contribution in [0, 0.1) is 0 Å². The average molecular weight is 239 g/mol. The molecule has 5 nitrogen and oxygen atoms in total. The first-order valence-electron chi connectivity index (χ1n) is 5.49. The van der Waals surface area contributed by atoms with Crippen LogP contribution in [0.25, 0.3) is 21.8 Å². The van der Waals surface area contributed by atoms with E-state index in [9.17, 15) is 0 Å². The Hall–Kier alpha value is -2.69. The molecule has 8 N–H and O–H groups in total. The summed E-state index contributed by atoms with van der Waals surface area (Å²) in [6, 6.07) is 8.91. The van der Waals surface area contributed by atoms with Crippen LogP contribution in [0.2, 0.25) is 0 Å². The van der Waals surface area contributed by atoms with Gasteiger partial charge in [0.15, 0.2) is 0 Å². The monoisotopic (exact) mass is 239 g/mol. The maximum atomic E-state index is 5.94. The largest absolute Gasteiger partial charge is 0.399 e. The molecule has 0 saturated heterocycles. The lowest BCUT2D eigenvalue weighted by molar-refractivity contribution is 1.50. The lowest BCUT2D eigenvalue weighted by Gasteiger charge is -2.08. The van der Waals surface area contributed by atoms with Gasteiger partial charge in [-0.1, -0.05) is 0 Å². The topological polar surface area (TPSA) is 117 Å². The number of nitrogens with zero attached hydrogens (tertiary/aromatic N) is 1. The Bertz CT molecular complexity index is 716. The Labute approximate surface area is 103 Å². The first-order valence-corrected chi connectivity index (χ1v) is 5.49. The van der Waals surface area contributed by atoms with Gasteiger partial charge in [-0.15, -0.1) is 0 Å². The van der Waals surface area contributed by atoms with E-state index in [0.717, 1.165) is 21.8 Å². The maximum absolute atomic E-state index is 5.94. The lowest BCUT2D eigenvalue weighted by atomic mass is 10.1. The number of hydrogen-bond acceptors (Lipinski definition) is 5. The molecular formula is C13H13N5.